The van der Waals surface area contributed by atoms with Crippen molar-refractivity contribution in [3.8, 4) is 0 Å². The van der Waals surface area contributed by atoms with Gasteiger partial charge in [-0.05, 0) is 25.0 Å². The summed E-state index contributed by atoms with van der Waals surface area (Å²) in [4.78, 5) is 8.05. The van der Waals surface area contributed by atoms with Gasteiger partial charge in [0.15, 0.2) is 11.0 Å². The minimum absolute atomic E-state index is 0.110. The van der Waals surface area contributed by atoms with Gasteiger partial charge in [0.1, 0.15) is 5.82 Å². The van der Waals surface area contributed by atoms with E-state index in [1.54, 1.807) is 6.92 Å². The maximum atomic E-state index is 13.3. The van der Waals surface area contributed by atoms with Gasteiger partial charge in [-0.1, -0.05) is 35.9 Å². The second kappa shape index (κ2) is 4.80. The molecule has 0 fully saturated rings. The zero-order valence-corrected chi connectivity index (χ0v) is 10.4. The fourth-order valence-corrected chi connectivity index (χ4v) is 1.87. The fraction of sp³-hybridized carbons (Fsp3) is 0.231. The van der Waals surface area contributed by atoms with Crippen LogP contribution in [0.5, 0.6) is 0 Å². The Bertz CT molecular complexity index is 532. The first-order valence-corrected chi connectivity index (χ1v) is 5.68. The summed E-state index contributed by atoms with van der Waals surface area (Å²) in [5.74, 6) is 0.00315. The summed E-state index contributed by atoms with van der Waals surface area (Å²) in [6.07, 6.45) is 0.563. The van der Waals surface area contributed by atoms with Crippen LogP contribution in [0.25, 0.3) is 0 Å². The molecule has 1 heterocycles. The van der Waals surface area contributed by atoms with Crippen LogP contribution in [-0.4, -0.2) is 9.97 Å². The molecule has 0 bridgehead atoms. The van der Waals surface area contributed by atoms with Crippen molar-refractivity contribution in [1.29, 1.82) is 0 Å². The van der Waals surface area contributed by atoms with E-state index < -0.39 is 5.82 Å². The summed E-state index contributed by atoms with van der Waals surface area (Å²) in [6.45, 7) is 3.61. The first kappa shape index (κ1) is 12.0. The third kappa shape index (κ3) is 2.61. The topological polar surface area (TPSA) is 25.8 Å². The summed E-state index contributed by atoms with van der Waals surface area (Å²) in [5.41, 5.74) is 2.57. The molecule has 0 aliphatic heterocycles. The van der Waals surface area contributed by atoms with Gasteiger partial charge in [0.2, 0.25) is 0 Å². The van der Waals surface area contributed by atoms with Gasteiger partial charge in [-0.25, -0.2) is 14.4 Å². The van der Waals surface area contributed by atoms with Crippen LogP contribution in [0.3, 0.4) is 0 Å². The maximum absolute atomic E-state index is 13.3. The Morgan fingerprint density at radius 3 is 2.53 bits per heavy atom. The van der Waals surface area contributed by atoms with Crippen molar-refractivity contribution >= 4 is 11.6 Å². The van der Waals surface area contributed by atoms with Gasteiger partial charge >= 0.3 is 0 Å². The van der Waals surface area contributed by atoms with Crippen LogP contribution in [0.4, 0.5) is 4.39 Å². The first-order valence-electron chi connectivity index (χ1n) is 5.31. The molecular weight excluding hydrogens is 239 g/mol. The Hall–Kier alpha value is -1.48. The highest BCUT2D eigenvalue weighted by Crippen LogP contribution is 2.17. The smallest absolute Gasteiger partial charge is 0.181 e. The van der Waals surface area contributed by atoms with Crippen molar-refractivity contribution in [3.63, 3.8) is 0 Å². The van der Waals surface area contributed by atoms with E-state index in [1.807, 2.05) is 31.2 Å². The molecule has 0 spiro atoms. The van der Waals surface area contributed by atoms with Crippen LogP contribution < -0.4 is 0 Å². The molecule has 0 saturated carbocycles. The molecule has 0 aliphatic carbocycles. The molecule has 0 saturated heterocycles. The average molecular weight is 251 g/mol. The Balaban J connectivity index is 2.34. The minimum atomic E-state index is -0.541. The second-order valence-electron chi connectivity index (χ2n) is 3.93. The molecule has 17 heavy (non-hydrogen) atoms. The predicted octanol–water partition coefficient (Wildman–Crippen LogP) is 3.48. The molecule has 0 unspecified atom stereocenters. The highest BCUT2D eigenvalue weighted by Gasteiger charge is 2.10. The van der Waals surface area contributed by atoms with Crippen molar-refractivity contribution in [2.24, 2.45) is 0 Å². The number of halogens is 2. The quantitative estimate of drug-likeness (QED) is 0.763. The van der Waals surface area contributed by atoms with E-state index in [0.29, 0.717) is 12.2 Å². The number of hydrogen-bond donors (Lipinski definition) is 0. The van der Waals surface area contributed by atoms with Gasteiger partial charge in [-0.15, -0.1) is 0 Å². The highest BCUT2D eigenvalue weighted by molar-refractivity contribution is 6.29. The highest BCUT2D eigenvalue weighted by atomic mass is 35.5. The van der Waals surface area contributed by atoms with E-state index in [1.165, 1.54) is 0 Å². The molecule has 1 aromatic carbocycles. The minimum Gasteiger partial charge on any atom is -0.235 e. The van der Waals surface area contributed by atoms with Crippen LogP contribution in [0.15, 0.2) is 24.3 Å². The lowest BCUT2D eigenvalue weighted by atomic mass is 10.1. The number of aromatic nitrogens is 2. The Labute approximate surface area is 104 Å². The van der Waals surface area contributed by atoms with E-state index >= 15 is 0 Å². The molecule has 88 valence electrons. The van der Waals surface area contributed by atoms with Crippen molar-refractivity contribution in [1.82, 2.24) is 9.97 Å². The van der Waals surface area contributed by atoms with Crippen LogP contribution in [0.2, 0.25) is 5.15 Å². The molecule has 0 N–H and O–H groups in total. The predicted molar refractivity (Wildman–Crippen MR) is 65.7 cm³/mol. The van der Waals surface area contributed by atoms with Gasteiger partial charge in [-0.2, -0.15) is 0 Å². The lowest BCUT2D eigenvalue weighted by Gasteiger charge is -2.06. The second-order valence-corrected chi connectivity index (χ2v) is 4.29. The summed E-state index contributed by atoms with van der Waals surface area (Å²) in [5, 5.41) is -0.110. The molecule has 4 heteroatoms. The molecule has 2 nitrogen and oxygen atoms in total. The average Bonchev–Trinajstić information content (AvgIpc) is 2.29. The lowest BCUT2D eigenvalue weighted by molar-refractivity contribution is 0.597. The molecule has 2 rings (SSSR count). The largest absolute Gasteiger partial charge is 0.235 e. The van der Waals surface area contributed by atoms with Crippen LogP contribution in [0, 0.1) is 19.7 Å². The zero-order valence-electron chi connectivity index (χ0n) is 9.67. The van der Waals surface area contributed by atoms with Crippen LogP contribution in [-0.2, 0) is 6.42 Å². The fourth-order valence-electron chi connectivity index (χ4n) is 1.64. The maximum Gasteiger partial charge on any atom is 0.181 e. The molecule has 0 aliphatic rings. The van der Waals surface area contributed by atoms with E-state index in [0.717, 1.165) is 11.1 Å². The van der Waals surface area contributed by atoms with E-state index in [4.69, 9.17) is 11.6 Å². The SMILES string of the molecule is Cc1ccccc1Cc1nc(C)c(F)c(Cl)n1. The number of nitrogens with zero attached hydrogens (tertiary/aromatic N) is 2. The van der Waals surface area contributed by atoms with E-state index in [2.05, 4.69) is 9.97 Å². The van der Waals surface area contributed by atoms with Gasteiger partial charge in [0, 0.05) is 6.42 Å². The Kier molecular flexibility index (Phi) is 3.38. The van der Waals surface area contributed by atoms with Crippen molar-refractivity contribution in [2.75, 3.05) is 0 Å². The summed E-state index contributed by atoms with van der Waals surface area (Å²) < 4.78 is 13.3. The zero-order chi connectivity index (χ0) is 12.4. The third-order valence-corrected chi connectivity index (χ3v) is 2.88. The van der Waals surface area contributed by atoms with Gasteiger partial charge in [0.25, 0.3) is 0 Å². The van der Waals surface area contributed by atoms with Crippen molar-refractivity contribution in [2.45, 2.75) is 20.3 Å². The number of hydrogen-bond acceptors (Lipinski definition) is 2. The number of aryl methyl sites for hydroxylation is 2. The Morgan fingerprint density at radius 1 is 1.18 bits per heavy atom. The van der Waals surface area contributed by atoms with Crippen LogP contribution in [0.1, 0.15) is 22.6 Å². The molecule has 0 atom stereocenters. The lowest BCUT2D eigenvalue weighted by Crippen LogP contribution is -2.03. The van der Waals surface area contributed by atoms with Crippen molar-refractivity contribution < 1.29 is 4.39 Å². The van der Waals surface area contributed by atoms with Crippen LogP contribution >= 0.6 is 11.6 Å². The third-order valence-electron chi connectivity index (χ3n) is 2.63. The summed E-state index contributed by atoms with van der Waals surface area (Å²) in [6, 6.07) is 7.96. The normalized spacial score (nSPS) is 10.6. The molecule has 1 aromatic heterocycles. The summed E-state index contributed by atoms with van der Waals surface area (Å²) >= 11 is 5.70. The van der Waals surface area contributed by atoms with Gasteiger partial charge in [0.05, 0.1) is 5.69 Å². The van der Waals surface area contributed by atoms with Gasteiger partial charge < -0.3 is 0 Å². The molecule has 2 aromatic rings. The number of rotatable bonds is 2. The molecule has 0 radical (unpaired) electrons. The molecule has 0 amide bonds. The molecular formula is C13H12ClFN2. The van der Waals surface area contributed by atoms with Crippen molar-refractivity contribution in [3.05, 3.63) is 57.9 Å². The monoisotopic (exact) mass is 250 g/mol. The summed E-state index contributed by atoms with van der Waals surface area (Å²) in [7, 11) is 0. The first-order chi connectivity index (χ1) is 8.08. The Morgan fingerprint density at radius 2 is 1.88 bits per heavy atom. The van der Waals surface area contributed by atoms with E-state index in [-0.39, 0.29) is 10.8 Å². The standard InChI is InChI=1S/C13H12ClFN2/c1-8-5-3-4-6-10(8)7-11-16-9(2)12(15)13(14)17-11/h3-6H,7H2,1-2H3. The number of benzene rings is 1. The van der Waals surface area contributed by atoms with Gasteiger partial charge in [-0.3, -0.25) is 0 Å². The van der Waals surface area contributed by atoms with E-state index in [9.17, 15) is 4.39 Å².